The third kappa shape index (κ3) is 2.84. The topological polar surface area (TPSA) is 65.4 Å². The van der Waals surface area contributed by atoms with Crippen LogP contribution in [0.2, 0.25) is 5.02 Å². The zero-order chi connectivity index (χ0) is 13.0. The smallest absolute Gasteiger partial charge is 0.317 e. The van der Waals surface area contributed by atoms with Gasteiger partial charge in [-0.1, -0.05) is 11.6 Å². The summed E-state index contributed by atoms with van der Waals surface area (Å²) in [6.07, 6.45) is 0. The number of rotatable bonds is 4. The van der Waals surface area contributed by atoms with Crippen molar-refractivity contribution in [2.75, 3.05) is 26.2 Å². The molecule has 1 aromatic carbocycles. The highest BCUT2D eigenvalue weighted by atomic mass is 35.5. The van der Waals surface area contributed by atoms with E-state index in [1.807, 2.05) is 6.07 Å². The lowest BCUT2D eigenvalue weighted by Crippen LogP contribution is -2.31. The molecular formula is C12H12ClN3O2. The van der Waals surface area contributed by atoms with E-state index in [9.17, 15) is 4.79 Å². The van der Waals surface area contributed by atoms with Crippen LogP contribution >= 0.6 is 11.6 Å². The Morgan fingerprint density at radius 2 is 2.39 bits per heavy atom. The van der Waals surface area contributed by atoms with Crippen LogP contribution in [0.5, 0.6) is 5.75 Å². The van der Waals surface area contributed by atoms with Crippen molar-refractivity contribution in [1.82, 2.24) is 10.2 Å². The van der Waals surface area contributed by atoms with Crippen molar-refractivity contribution in [3.8, 4) is 11.8 Å². The molecular weight excluding hydrogens is 254 g/mol. The number of halogens is 1. The molecule has 0 radical (unpaired) electrons. The molecule has 0 saturated carbocycles. The predicted octanol–water partition coefficient (Wildman–Crippen LogP) is 1.62. The van der Waals surface area contributed by atoms with Crippen LogP contribution in [0.1, 0.15) is 5.56 Å². The van der Waals surface area contributed by atoms with Crippen molar-refractivity contribution < 1.29 is 9.53 Å². The van der Waals surface area contributed by atoms with Gasteiger partial charge in [0.2, 0.25) is 0 Å². The summed E-state index contributed by atoms with van der Waals surface area (Å²) in [7, 11) is 0. The number of hydrogen-bond donors (Lipinski definition) is 1. The van der Waals surface area contributed by atoms with E-state index in [-0.39, 0.29) is 6.03 Å². The Morgan fingerprint density at radius 1 is 1.56 bits per heavy atom. The Bertz CT molecular complexity index is 499. The van der Waals surface area contributed by atoms with Crippen LogP contribution in [0.25, 0.3) is 0 Å². The number of hydrogen-bond acceptors (Lipinski definition) is 3. The second-order valence-electron chi connectivity index (χ2n) is 3.82. The molecule has 0 aliphatic carbocycles. The third-order valence-corrected chi connectivity index (χ3v) is 2.86. The summed E-state index contributed by atoms with van der Waals surface area (Å²) in [5.41, 5.74) is 0.435. The van der Waals surface area contributed by atoms with Gasteiger partial charge in [0, 0.05) is 24.2 Å². The number of ether oxygens (including phenoxy) is 1. The Morgan fingerprint density at radius 3 is 3.06 bits per heavy atom. The molecule has 1 aliphatic heterocycles. The largest absolute Gasteiger partial charge is 0.490 e. The number of carbonyl (C=O) groups excluding carboxylic acids is 1. The van der Waals surface area contributed by atoms with Crippen LogP contribution in [0.4, 0.5) is 4.79 Å². The number of carbonyl (C=O) groups is 1. The second kappa shape index (κ2) is 5.61. The molecule has 94 valence electrons. The van der Waals surface area contributed by atoms with Crippen LogP contribution < -0.4 is 10.1 Å². The van der Waals surface area contributed by atoms with Gasteiger partial charge in [0.25, 0.3) is 0 Å². The van der Waals surface area contributed by atoms with Crippen LogP contribution in [0.3, 0.4) is 0 Å². The van der Waals surface area contributed by atoms with E-state index in [1.54, 1.807) is 23.1 Å². The van der Waals surface area contributed by atoms with Gasteiger partial charge in [-0.3, -0.25) is 0 Å². The summed E-state index contributed by atoms with van der Waals surface area (Å²) < 4.78 is 5.49. The molecule has 6 heteroatoms. The molecule has 5 nitrogen and oxygen atoms in total. The summed E-state index contributed by atoms with van der Waals surface area (Å²) in [5.74, 6) is 0.449. The van der Waals surface area contributed by atoms with Crippen molar-refractivity contribution in [1.29, 1.82) is 5.26 Å². The van der Waals surface area contributed by atoms with Gasteiger partial charge in [-0.05, 0) is 12.1 Å². The molecule has 0 bridgehead atoms. The predicted molar refractivity (Wildman–Crippen MR) is 66.6 cm³/mol. The Balaban J connectivity index is 1.92. The summed E-state index contributed by atoms with van der Waals surface area (Å²) in [6, 6.07) is 6.81. The SMILES string of the molecule is N#Cc1ccc(Cl)cc1OCCN1CCNC1=O. The molecule has 2 rings (SSSR count). The Hall–Kier alpha value is -1.93. The minimum Gasteiger partial charge on any atom is -0.490 e. The maximum Gasteiger partial charge on any atom is 0.317 e. The Labute approximate surface area is 110 Å². The number of nitrogens with zero attached hydrogens (tertiary/aromatic N) is 2. The fourth-order valence-electron chi connectivity index (χ4n) is 1.70. The molecule has 0 spiro atoms. The van der Waals surface area contributed by atoms with Crippen LogP contribution in [-0.2, 0) is 0 Å². The number of nitrogens with one attached hydrogen (secondary N) is 1. The zero-order valence-corrected chi connectivity index (χ0v) is 10.4. The van der Waals surface area contributed by atoms with Crippen molar-refractivity contribution in [2.24, 2.45) is 0 Å². The first-order chi connectivity index (χ1) is 8.70. The van der Waals surface area contributed by atoms with Gasteiger partial charge < -0.3 is 15.0 Å². The van der Waals surface area contributed by atoms with Crippen molar-refractivity contribution >= 4 is 17.6 Å². The molecule has 1 N–H and O–H groups in total. The first-order valence-electron chi connectivity index (χ1n) is 5.56. The highest BCUT2D eigenvalue weighted by molar-refractivity contribution is 6.30. The standard InChI is InChI=1S/C12H12ClN3O2/c13-10-2-1-9(8-14)11(7-10)18-6-5-16-4-3-15-12(16)17/h1-2,7H,3-6H2,(H,15,17). The third-order valence-electron chi connectivity index (χ3n) is 2.63. The van der Waals surface area contributed by atoms with Gasteiger partial charge >= 0.3 is 6.03 Å². The zero-order valence-electron chi connectivity index (χ0n) is 9.65. The molecule has 18 heavy (non-hydrogen) atoms. The lowest BCUT2D eigenvalue weighted by atomic mass is 10.2. The van der Waals surface area contributed by atoms with Crippen molar-refractivity contribution in [2.45, 2.75) is 0 Å². The highest BCUT2D eigenvalue weighted by Gasteiger charge is 2.18. The summed E-state index contributed by atoms with van der Waals surface area (Å²) in [4.78, 5) is 12.9. The molecule has 1 heterocycles. The number of nitriles is 1. The van der Waals surface area contributed by atoms with Gasteiger partial charge in [0.05, 0.1) is 12.1 Å². The lowest BCUT2D eigenvalue weighted by Gasteiger charge is -2.15. The van der Waals surface area contributed by atoms with Crippen LogP contribution in [0, 0.1) is 11.3 Å². The molecule has 1 saturated heterocycles. The van der Waals surface area contributed by atoms with E-state index in [1.165, 1.54) is 0 Å². The first-order valence-corrected chi connectivity index (χ1v) is 5.94. The molecule has 0 aromatic heterocycles. The van der Waals surface area contributed by atoms with Crippen LogP contribution in [-0.4, -0.2) is 37.2 Å². The lowest BCUT2D eigenvalue weighted by molar-refractivity contribution is 0.202. The first kappa shape index (κ1) is 12.5. The summed E-state index contributed by atoms with van der Waals surface area (Å²) in [6.45, 7) is 2.17. The average Bonchev–Trinajstić information content (AvgIpc) is 2.76. The molecule has 0 atom stereocenters. The van der Waals surface area contributed by atoms with Gasteiger partial charge in [-0.15, -0.1) is 0 Å². The van der Waals surface area contributed by atoms with Gasteiger partial charge in [0.15, 0.2) is 0 Å². The molecule has 1 fully saturated rings. The Kier molecular flexibility index (Phi) is 3.90. The van der Waals surface area contributed by atoms with Gasteiger partial charge in [-0.2, -0.15) is 5.26 Å². The summed E-state index contributed by atoms with van der Waals surface area (Å²) in [5, 5.41) is 12.1. The fourth-order valence-corrected chi connectivity index (χ4v) is 1.86. The molecule has 1 aliphatic rings. The number of benzene rings is 1. The van der Waals surface area contributed by atoms with Gasteiger partial charge in [0.1, 0.15) is 18.4 Å². The maximum absolute atomic E-state index is 11.3. The molecule has 0 unspecified atom stereocenters. The normalized spacial score (nSPS) is 14.2. The van der Waals surface area contributed by atoms with Gasteiger partial charge in [-0.25, -0.2) is 4.79 Å². The van der Waals surface area contributed by atoms with E-state index in [4.69, 9.17) is 21.6 Å². The minimum atomic E-state index is -0.0785. The maximum atomic E-state index is 11.3. The second-order valence-corrected chi connectivity index (χ2v) is 4.26. The molecule has 2 amide bonds. The summed E-state index contributed by atoms with van der Waals surface area (Å²) >= 11 is 5.84. The van der Waals surface area contributed by atoms with E-state index in [0.717, 1.165) is 0 Å². The fraction of sp³-hybridized carbons (Fsp3) is 0.333. The quantitative estimate of drug-likeness (QED) is 0.900. The van der Waals surface area contributed by atoms with E-state index < -0.39 is 0 Å². The average molecular weight is 266 g/mol. The monoisotopic (exact) mass is 265 g/mol. The minimum absolute atomic E-state index is 0.0785. The molecule has 1 aromatic rings. The van der Waals surface area contributed by atoms with E-state index >= 15 is 0 Å². The number of amides is 2. The highest BCUT2D eigenvalue weighted by Crippen LogP contribution is 2.22. The van der Waals surface area contributed by atoms with E-state index in [2.05, 4.69) is 5.32 Å². The van der Waals surface area contributed by atoms with Crippen LogP contribution in [0.15, 0.2) is 18.2 Å². The van der Waals surface area contributed by atoms with Crippen molar-refractivity contribution in [3.63, 3.8) is 0 Å². The van der Waals surface area contributed by atoms with Crippen molar-refractivity contribution in [3.05, 3.63) is 28.8 Å². The number of urea groups is 1. The van der Waals surface area contributed by atoms with E-state index in [0.29, 0.717) is 42.6 Å².